The molecule has 0 unspecified atom stereocenters. The molecule has 0 spiro atoms. The number of esters is 2. The zero-order chi connectivity index (χ0) is 37.5. The van der Waals surface area contributed by atoms with E-state index in [0.29, 0.717) is 44.9 Å². The second-order valence-electron chi connectivity index (χ2n) is 13.8. The minimum Gasteiger partial charge on any atom is -0.466 e. The fraction of sp³-hybridized carbons (Fsp3) is 0.413. The smallest absolute Gasteiger partial charge is 0.308 e. The van der Waals surface area contributed by atoms with E-state index in [9.17, 15) is 14.4 Å². The third kappa shape index (κ3) is 15.5. The second-order valence-corrected chi connectivity index (χ2v) is 13.8. The molecule has 0 aromatic heterocycles. The maximum absolute atomic E-state index is 12.0. The molecule has 2 aliphatic rings. The molecule has 0 amide bonds. The van der Waals surface area contributed by atoms with Gasteiger partial charge in [0.2, 0.25) is 0 Å². The summed E-state index contributed by atoms with van der Waals surface area (Å²) in [6.45, 7) is 8.34. The molecule has 2 aliphatic carbocycles. The number of rotatable bonds is 13. The van der Waals surface area contributed by atoms with Gasteiger partial charge >= 0.3 is 11.9 Å². The third-order valence-corrected chi connectivity index (χ3v) is 9.80. The summed E-state index contributed by atoms with van der Waals surface area (Å²) in [6.07, 6.45) is 6.43. The molecule has 4 aromatic rings. The van der Waals surface area contributed by atoms with Crippen molar-refractivity contribution in [2.24, 2.45) is 11.8 Å². The summed E-state index contributed by atoms with van der Waals surface area (Å²) in [6, 6.07) is 42.8. The number of nitrogens with zero attached hydrogens (tertiary/aromatic N) is 1. The van der Waals surface area contributed by atoms with E-state index in [2.05, 4.69) is 119 Å². The minimum absolute atomic E-state index is 0.0105. The average molecular weight is 719 g/mol. The Morgan fingerprint density at radius 3 is 1.28 bits per heavy atom. The maximum Gasteiger partial charge on any atom is 0.308 e. The maximum atomic E-state index is 12.0. The average Bonchev–Trinajstić information content (AvgIpc) is 3.20. The van der Waals surface area contributed by atoms with Crippen LogP contribution in [0.15, 0.2) is 121 Å². The van der Waals surface area contributed by atoms with Crippen LogP contribution in [0.1, 0.15) is 87.5 Å². The van der Waals surface area contributed by atoms with Gasteiger partial charge in [0, 0.05) is 45.1 Å². The summed E-state index contributed by atoms with van der Waals surface area (Å²) >= 11 is 0. The molecule has 4 aromatic carbocycles. The Kier molecular flexibility index (Phi) is 18.5. The highest BCUT2D eigenvalue weighted by Gasteiger charge is 2.30. The van der Waals surface area contributed by atoms with Gasteiger partial charge in [-0.25, -0.2) is 0 Å². The molecule has 0 bridgehead atoms. The Bertz CT molecular complexity index is 1500. The van der Waals surface area contributed by atoms with Crippen LogP contribution in [0, 0.1) is 11.8 Å². The lowest BCUT2D eigenvalue weighted by Gasteiger charge is -2.36. The van der Waals surface area contributed by atoms with E-state index in [4.69, 9.17) is 9.47 Å². The number of Topliss-reactive ketones (excluding diaryl/α,β-unsaturated/α-hetero) is 1. The first-order valence-corrected chi connectivity index (χ1v) is 19.4. The molecular formula is C46H58N2O5. The zero-order valence-electron chi connectivity index (χ0n) is 31.7. The van der Waals surface area contributed by atoms with Crippen molar-refractivity contribution in [3.63, 3.8) is 0 Å². The number of ether oxygens (including phenoxy) is 2. The summed E-state index contributed by atoms with van der Waals surface area (Å²) in [5.74, 6) is 0.188. The number of hydrogen-bond acceptors (Lipinski definition) is 7. The highest BCUT2D eigenvalue weighted by atomic mass is 16.5. The zero-order valence-corrected chi connectivity index (χ0v) is 31.7. The molecule has 53 heavy (non-hydrogen) atoms. The lowest BCUT2D eigenvalue weighted by Crippen LogP contribution is -2.38. The van der Waals surface area contributed by atoms with Gasteiger partial charge in [-0.2, -0.15) is 0 Å². The van der Waals surface area contributed by atoms with Crippen LogP contribution in [0.2, 0.25) is 0 Å². The van der Waals surface area contributed by atoms with Crippen molar-refractivity contribution in [3.8, 4) is 0 Å². The molecule has 7 nitrogen and oxygen atoms in total. The molecule has 282 valence electrons. The van der Waals surface area contributed by atoms with Crippen molar-refractivity contribution < 1.29 is 23.9 Å². The van der Waals surface area contributed by atoms with Crippen LogP contribution in [0.4, 0.5) is 0 Å². The van der Waals surface area contributed by atoms with E-state index < -0.39 is 0 Å². The Hall–Kier alpha value is -4.59. The van der Waals surface area contributed by atoms with Crippen LogP contribution >= 0.6 is 0 Å². The van der Waals surface area contributed by atoms with Gasteiger partial charge in [0.25, 0.3) is 0 Å². The van der Waals surface area contributed by atoms with E-state index in [1.165, 1.54) is 22.3 Å². The van der Waals surface area contributed by atoms with E-state index in [1.54, 1.807) is 6.92 Å². The fourth-order valence-electron chi connectivity index (χ4n) is 6.87. The Morgan fingerprint density at radius 1 is 0.547 bits per heavy atom. The summed E-state index contributed by atoms with van der Waals surface area (Å²) in [5, 5.41) is 3.42. The Morgan fingerprint density at radius 2 is 0.906 bits per heavy atom. The Labute approximate surface area is 317 Å². The second kappa shape index (κ2) is 23.9. The molecule has 1 N–H and O–H groups in total. The van der Waals surface area contributed by atoms with Crippen molar-refractivity contribution in [1.29, 1.82) is 0 Å². The monoisotopic (exact) mass is 718 g/mol. The largest absolute Gasteiger partial charge is 0.466 e. The van der Waals surface area contributed by atoms with Crippen molar-refractivity contribution in [2.75, 3.05) is 13.2 Å². The van der Waals surface area contributed by atoms with E-state index in [0.717, 1.165) is 51.9 Å². The summed E-state index contributed by atoms with van der Waals surface area (Å²) in [5.41, 5.74) is 5.34. The summed E-state index contributed by atoms with van der Waals surface area (Å²) < 4.78 is 10.1. The highest BCUT2D eigenvalue weighted by Crippen LogP contribution is 2.30. The van der Waals surface area contributed by atoms with E-state index in [-0.39, 0.29) is 29.6 Å². The predicted octanol–water partition coefficient (Wildman–Crippen LogP) is 9.10. The number of nitrogens with one attached hydrogen (secondary N) is 1. The minimum atomic E-state index is -0.134. The molecule has 0 atom stereocenters. The molecule has 0 heterocycles. The molecular weight excluding hydrogens is 661 g/mol. The van der Waals surface area contributed by atoms with Gasteiger partial charge < -0.3 is 14.8 Å². The van der Waals surface area contributed by atoms with Crippen molar-refractivity contribution in [2.45, 2.75) is 97.4 Å². The predicted molar refractivity (Wildman–Crippen MR) is 212 cm³/mol. The molecule has 0 radical (unpaired) electrons. The van der Waals surface area contributed by atoms with Crippen LogP contribution in [0.3, 0.4) is 0 Å². The quantitative estimate of drug-likeness (QED) is 0.138. The van der Waals surface area contributed by atoms with Gasteiger partial charge in [-0.3, -0.25) is 19.3 Å². The first-order chi connectivity index (χ1) is 25.9. The molecule has 7 heteroatoms. The van der Waals surface area contributed by atoms with Crippen molar-refractivity contribution in [3.05, 3.63) is 144 Å². The van der Waals surface area contributed by atoms with Crippen LogP contribution in [0.5, 0.6) is 0 Å². The molecule has 0 aliphatic heterocycles. The van der Waals surface area contributed by atoms with Crippen LogP contribution in [0.25, 0.3) is 0 Å². The number of benzene rings is 4. The number of carbonyl (C=O) groups excluding carboxylic acids is 3. The van der Waals surface area contributed by atoms with Crippen LogP contribution < -0.4 is 5.32 Å². The Balaban J connectivity index is 0.000000196. The van der Waals surface area contributed by atoms with Gasteiger partial charge in [-0.1, -0.05) is 121 Å². The third-order valence-electron chi connectivity index (χ3n) is 9.80. The van der Waals surface area contributed by atoms with E-state index in [1.807, 2.05) is 19.1 Å². The topological polar surface area (TPSA) is 84.9 Å². The van der Waals surface area contributed by atoms with Gasteiger partial charge in [-0.05, 0) is 74.6 Å². The van der Waals surface area contributed by atoms with Gasteiger partial charge in [-0.15, -0.1) is 0 Å². The molecule has 0 saturated heterocycles. The molecule has 2 saturated carbocycles. The lowest BCUT2D eigenvalue weighted by atomic mass is 9.85. The fourth-order valence-corrected chi connectivity index (χ4v) is 6.87. The van der Waals surface area contributed by atoms with Crippen molar-refractivity contribution >= 4 is 17.7 Å². The number of hydrogen-bond donors (Lipinski definition) is 1. The standard InChI is InChI=1S/C23H29NO2.C14H15N.C9H14O3/c1-2-26-23(25)21-13-15-22(16-14-21)24(17-19-9-5-3-6-10-19)18-20-11-7-4-8-12-20;1-3-7-13(8-4-1)11-15-12-14-9-5-2-6-10-14;1-2-12-9(11)7-3-5-8(10)6-4-7/h3-12,21-22H,2,13-18H2,1H3;1-10,15H,11-12H2;7H,2-6H2,1H3. The number of ketones is 1. The van der Waals surface area contributed by atoms with Gasteiger partial charge in [0.05, 0.1) is 25.0 Å². The van der Waals surface area contributed by atoms with Gasteiger partial charge in [0.15, 0.2) is 0 Å². The van der Waals surface area contributed by atoms with Crippen molar-refractivity contribution in [1.82, 2.24) is 10.2 Å². The SMILES string of the molecule is CCOC(=O)C1CCC(=O)CC1.CCOC(=O)C1CCC(N(Cc2ccccc2)Cc2ccccc2)CC1.c1ccc(CNCc2ccccc2)cc1. The lowest BCUT2D eigenvalue weighted by molar-refractivity contribution is -0.150. The first kappa shape index (κ1) is 41.2. The summed E-state index contributed by atoms with van der Waals surface area (Å²) in [7, 11) is 0. The summed E-state index contributed by atoms with van der Waals surface area (Å²) in [4.78, 5) is 36.6. The first-order valence-electron chi connectivity index (χ1n) is 19.4. The normalized spacial score (nSPS) is 17.1. The highest BCUT2D eigenvalue weighted by molar-refractivity contribution is 5.82. The van der Waals surface area contributed by atoms with Crippen LogP contribution in [-0.4, -0.2) is 41.9 Å². The van der Waals surface area contributed by atoms with E-state index >= 15 is 0 Å². The number of carbonyl (C=O) groups is 3. The van der Waals surface area contributed by atoms with Gasteiger partial charge in [0.1, 0.15) is 5.78 Å². The molecule has 2 fully saturated rings. The molecule has 6 rings (SSSR count). The van der Waals surface area contributed by atoms with Crippen LogP contribution in [-0.2, 0) is 50.0 Å².